The first-order valence-corrected chi connectivity index (χ1v) is 9.76. The molecule has 2 aromatic heterocycles. The standard InChI is InChI=1S/C18H26N4O2S/c1-11-7-5-6-8-15(11)19-17(23)13(3)25-18-21-20-16(22(18)4)14-9-10-24-12(14)2/h9-11,13,15H,5-8H2,1-4H3,(H,19,23). The van der Waals surface area contributed by atoms with Crippen LogP contribution in [0.15, 0.2) is 21.9 Å². The van der Waals surface area contributed by atoms with Crippen LogP contribution in [0.25, 0.3) is 11.4 Å². The van der Waals surface area contributed by atoms with Crippen molar-refractivity contribution in [1.82, 2.24) is 20.1 Å². The van der Waals surface area contributed by atoms with Crippen LogP contribution in [0.2, 0.25) is 0 Å². The number of aryl methyl sites for hydroxylation is 1. The average Bonchev–Trinajstić information content (AvgIpc) is 3.16. The molecule has 1 aliphatic rings. The van der Waals surface area contributed by atoms with E-state index in [1.54, 1.807) is 6.26 Å². The first kappa shape index (κ1) is 18.0. The van der Waals surface area contributed by atoms with Crippen molar-refractivity contribution in [2.75, 3.05) is 0 Å². The molecule has 0 saturated heterocycles. The normalized spacial score (nSPS) is 21.9. The topological polar surface area (TPSA) is 72.9 Å². The number of hydrogen-bond acceptors (Lipinski definition) is 5. The fourth-order valence-corrected chi connectivity index (χ4v) is 4.14. The van der Waals surface area contributed by atoms with E-state index in [9.17, 15) is 4.79 Å². The molecule has 0 aromatic carbocycles. The molecule has 2 aromatic rings. The van der Waals surface area contributed by atoms with Crippen molar-refractivity contribution >= 4 is 17.7 Å². The Kier molecular flexibility index (Phi) is 5.51. The Hall–Kier alpha value is -1.76. The van der Waals surface area contributed by atoms with E-state index >= 15 is 0 Å². The molecule has 1 N–H and O–H groups in total. The Balaban J connectivity index is 1.65. The van der Waals surface area contributed by atoms with E-state index in [0.29, 0.717) is 12.0 Å². The van der Waals surface area contributed by atoms with Crippen molar-refractivity contribution in [1.29, 1.82) is 0 Å². The van der Waals surface area contributed by atoms with Gasteiger partial charge in [-0.05, 0) is 38.7 Å². The third kappa shape index (κ3) is 3.92. The zero-order chi connectivity index (χ0) is 18.0. The number of nitrogens with one attached hydrogen (secondary N) is 1. The lowest BCUT2D eigenvalue weighted by molar-refractivity contribution is -0.121. The highest BCUT2D eigenvalue weighted by atomic mass is 32.2. The number of furan rings is 1. The summed E-state index contributed by atoms with van der Waals surface area (Å²) in [6.45, 7) is 6.05. The van der Waals surface area contributed by atoms with Crippen molar-refractivity contribution < 1.29 is 9.21 Å². The Morgan fingerprint density at radius 1 is 1.40 bits per heavy atom. The molecule has 0 aliphatic heterocycles. The van der Waals surface area contributed by atoms with Crippen LogP contribution in [0.4, 0.5) is 0 Å². The second-order valence-corrected chi connectivity index (χ2v) is 8.20. The first-order valence-electron chi connectivity index (χ1n) is 8.88. The molecule has 1 amide bonds. The van der Waals surface area contributed by atoms with Gasteiger partial charge in [0, 0.05) is 13.1 Å². The van der Waals surface area contributed by atoms with Crippen LogP contribution in [-0.4, -0.2) is 32.0 Å². The number of amides is 1. The van der Waals surface area contributed by atoms with Gasteiger partial charge in [0.25, 0.3) is 0 Å². The Bertz CT molecular complexity index is 739. The molecule has 0 bridgehead atoms. The minimum Gasteiger partial charge on any atom is -0.469 e. The maximum Gasteiger partial charge on any atom is 0.233 e. The third-order valence-corrected chi connectivity index (χ3v) is 6.16. The molecule has 2 heterocycles. The van der Waals surface area contributed by atoms with Gasteiger partial charge in [-0.25, -0.2) is 0 Å². The van der Waals surface area contributed by atoms with Crippen LogP contribution in [0, 0.1) is 12.8 Å². The Morgan fingerprint density at radius 2 is 2.16 bits per heavy atom. The summed E-state index contributed by atoms with van der Waals surface area (Å²) in [5.41, 5.74) is 0.926. The fourth-order valence-electron chi connectivity index (χ4n) is 3.31. The number of thioether (sulfide) groups is 1. The van der Waals surface area contributed by atoms with E-state index in [-0.39, 0.29) is 11.2 Å². The molecule has 0 radical (unpaired) electrons. The molecule has 1 saturated carbocycles. The van der Waals surface area contributed by atoms with E-state index in [0.717, 1.165) is 28.7 Å². The summed E-state index contributed by atoms with van der Waals surface area (Å²) in [5.74, 6) is 2.19. The number of hydrogen-bond donors (Lipinski definition) is 1. The summed E-state index contributed by atoms with van der Waals surface area (Å²) in [6.07, 6.45) is 6.40. The molecular weight excluding hydrogens is 336 g/mol. The number of rotatable bonds is 5. The summed E-state index contributed by atoms with van der Waals surface area (Å²) in [5, 5.41) is 12.2. The molecular formula is C18H26N4O2S. The van der Waals surface area contributed by atoms with Gasteiger partial charge < -0.3 is 14.3 Å². The molecule has 25 heavy (non-hydrogen) atoms. The fraction of sp³-hybridized carbons (Fsp3) is 0.611. The highest BCUT2D eigenvalue weighted by Crippen LogP contribution is 2.29. The highest BCUT2D eigenvalue weighted by molar-refractivity contribution is 8.00. The zero-order valence-electron chi connectivity index (χ0n) is 15.3. The number of aromatic nitrogens is 3. The van der Waals surface area contributed by atoms with Gasteiger partial charge >= 0.3 is 0 Å². The van der Waals surface area contributed by atoms with Crippen molar-refractivity contribution in [2.24, 2.45) is 13.0 Å². The Labute approximate surface area is 152 Å². The van der Waals surface area contributed by atoms with Crippen molar-refractivity contribution in [2.45, 2.75) is 62.9 Å². The van der Waals surface area contributed by atoms with Gasteiger partial charge in [-0.1, -0.05) is 31.5 Å². The first-order chi connectivity index (χ1) is 12.0. The van der Waals surface area contributed by atoms with Crippen LogP contribution < -0.4 is 5.32 Å². The second-order valence-electron chi connectivity index (χ2n) is 6.89. The predicted octanol–water partition coefficient (Wildman–Crippen LogP) is 3.56. The van der Waals surface area contributed by atoms with Gasteiger partial charge in [0.2, 0.25) is 5.91 Å². The molecule has 6 nitrogen and oxygen atoms in total. The van der Waals surface area contributed by atoms with Crippen molar-refractivity contribution in [3.63, 3.8) is 0 Å². The lowest BCUT2D eigenvalue weighted by atomic mass is 9.86. The summed E-state index contributed by atoms with van der Waals surface area (Å²) in [4.78, 5) is 12.6. The van der Waals surface area contributed by atoms with Crippen molar-refractivity contribution in [3.8, 4) is 11.4 Å². The van der Waals surface area contributed by atoms with Crippen LogP contribution in [-0.2, 0) is 11.8 Å². The van der Waals surface area contributed by atoms with Crippen LogP contribution in [0.5, 0.6) is 0 Å². The monoisotopic (exact) mass is 362 g/mol. The molecule has 0 spiro atoms. The van der Waals surface area contributed by atoms with Gasteiger partial charge in [0.1, 0.15) is 5.76 Å². The van der Waals surface area contributed by atoms with Gasteiger partial charge in [0.05, 0.1) is 17.1 Å². The number of nitrogens with zero attached hydrogens (tertiary/aromatic N) is 3. The van der Waals surface area contributed by atoms with Crippen molar-refractivity contribution in [3.05, 3.63) is 18.1 Å². The lowest BCUT2D eigenvalue weighted by Crippen LogP contribution is -2.44. The van der Waals surface area contributed by atoms with E-state index < -0.39 is 0 Å². The zero-order valence-corrected chi connectivity index (χ0v) is 16.1. The molecule has 3 rings (SSSR count). The van der Waals surface area contributed by atoms with Gasteiger partial charge in [-0.2, -0.15) is 0 Å². The minimum absolute atomic E-state index is 0.0767. The molecule has 3 unspecified atom stereocenters. The van der Waals surface area contributed by atoms with E-state index in [1.165, 1.54) is 31.0 Å². The highest BCUT2D eigenvalue weighted by Gasteiger charge is 2.26. The van der Waals surface area contributed by atoms with Crippen LogP contribution in [0.3, 0.4) is 0 Å². The minimum atomic E-state index is -0.213. The van der Waals surface area contributed by atoms with Gasteiger partial charge in [0.15, 0.2) is 11.0 Å². The molecule has 3 atom stereocenters. The molecule has 1 fully saturated rings. The third-order valence-electron chi connectivity index (χ3n) is 5.03. The van der Waals surface area contributed by atoms with Gasteiger partial charge in [-0.15, -0.1) is 10.2 Å². The molecule has 136 valence electrons. The Morgan fingerprint density at radius 3 is 2.84 bits per heavy atom. The summed E-state index contributed by atoms with van der Waals surface area (Å²) in [7, 11) is 1.91. The summed E-state index contributed by atoms with van der Waals surface area (Å²) >= 11 is 1.44. The van der Waals surface area contributed by atoms with E-state index in [4.69, 9.17) is 4.42 Å². The van der Waals surface area contributed by atoms with Crippen LogP contribution in [0.1, 0.15) is 45.3 Å². The largest absolute Gasteiger partial charge is 0.469 e. The second kappa shape index (κ2) is 7.64. The molecule has 1 aliphatic carbocycles. The maximum absolute atomic E-state index is 12.6. The predicted molar refractivity (Wildman–Crippen MR) is 98.3 cm³/mol. The molecule has 7 heteroatoms. The summed E-state index contributed by atoms with van der Waals surface area (Å²) < 4.78 is 7.26. The quantitative estimate of drug-likeness (QED) is 0.823. The lowest BCUT2D eigenvalue weighted by Gasteiger charge is -2.30. The van der Waals surface area contributed by atoms with Gasteiger partial charge in [-0.3, -0.25) is 4.79 Å². The average molecular weight is 362 g/mol. The summed E-state index contributed by atoms with van der Waals surface area (Å²) in [6, 6.07) is 2.18. The number of carbonyl (C=O) groups excluding carboxylic acids is 1. The number of carbonyl (C=O) groups is 1. The maximum atomic E-state index is 12.6. The SMILES string of the molecule is Cc1occc1-c1nnc(SC(C)C(=O)NC2CCCCC2C)n1C. The smallest absolute Gasteiger partial charge is 0.233 e. The van der Waals surface area contributed by atoms with Crippen LogP contribution >= 0.6 is 11.8 Å². The van der Waals surface area contributed by atoms with E-state index in [2.05, 4.69) is 22.4 Å². The van der Waals surface area contributed by atoms with E-state index in [1.807, 2.05) is 31.5 Å².